The number of amides is 1. The van der Waals surface area contributed by atoms with Crippen LogP contribution in [-0.4, -0.2) is 29.3 Å². The second kappa shape index (κ2) is 6.46. The molecule has 5 nitrogen and oxygen atoms in total. The molecule has 0 aromatic carbocycles. The van der Waals surface area contributed by atoms with Gasteiger partial charge in [-0.3, -0.25) is 0 Å². The van der Waals surface area contributed by atoms with Crippen molar-refractivity contribution in [2.75, 3.05) is 6.07 Å². The van der Waals surface area contributed by atoms with E-state index in [1.807, 2.05) is 0 Å². The van der Waals surface area contributed by atoms with Crippen LogP contribution < -0.4 is 5.32 Å². The van der Waals surface area contributed by atoms with Gasteiger partial charge in [0, 0.05) is 0 Å². The van der Waals surface area contributed by atoms with Gasteiger partial charge in [0.1, 0.15) is 11.1 Å². The molecule has 0 spiro atoms. The van der Waals surface area contributed by atoms with E-state index < -0.39 is 23.2 Å². The van der Waals surface area contributed by atoms with Gasteiger partial charge in [-0.15, -0.1) is 0 Å². The Balaban J connectivity index is 2.74. The first-order chi connectivity index (χ1) is 8.79. The number of rotatable bonds is 3. The number of alkyl halides is 1. The van der Waals surface area contributed by atoms with E-state index in [1.165, 1.54) is 0 Å². The quantitative estimate of drug-likeness (QED) is 0.641. The molecule has 0 atom stereocenters. The molecule has 1 amide bonds. The van der Waals surface area contributed by atoms with Gasteiger partial charge in [-0.05, 0) is 33.6 Å². The van der Waals surface area contributed by atoms with E-state index in [-0.39, 0.29) is 6.07 Å². The van der Waals surface area contributed by atoms with Crippen molar-refractivity contribution in [1.29, 1.82) is 0 Å². The minimum absolute atomic E-state index is 0.212. The second-order valence-corrected chi connectivity index (χ2v) is 6.03. The van der Waals surface area contributed by atoms with Crippen molar-refractivity contribution in [2.45, 2.75) is 64.0 Å². The first kappa shape index (κ1) is 16.1. The van der Waals surface area contributed by atoms with Crippen molar-refractivity contribution in [3.05, 3.63) is 0 Å². The number of hydrogen-bond donors (Lipinski definition) is 1. The normalized spacial score (nSPS) is 18.5. The molecule has 19 heavy (non-hydrogen) atoms. The molecule has 1 aliphatic carbocycles. The summed E-state index contributed by atoms with van der Waals surface area (Å²) in [5.74, 6) is -0.479. The zero-order valence-corrected chi connectivity index (χ0v) is 12.5. The first-order valence-electron chi connectivity index (χ1n) is 6.53. The van der Waals surface area contributed by atoms with E-state index in [1.54, 1.807) is 20.8 Å². The summed E-state index contributed by atoms with van der Waals surface area (Å²) in [4.78, 5) is 23.9. The highest BCUT2D eigenvalue weighted by Gasteiger charge is 2.43. The van der Waals surface area contributed by atoms with E-state index in [0.717, 1.165) is 19.3 Å². The van der Waals surface area contributed by atoms with Gasteiger partial charge in [0.05, 0.1) is 0 Å². The SMILES string of the molecule is CC(C)(C)OC(=O)NC1(C(=O)OCCl)CCCCC1. The lowest BCUT2D eigenvalue weighted by Gasteiger charge is -2.35. The Bertz CT molecular complexity index is 332. The van der Waals surface area contributed by atoms with E-state index in [2.05, 4.69) is 5.32 Å². The van der Waals surface area contributed by atoms with E-state index in [0.29, 0.717) is 12.8 Å². The van der Waals surface area contributed by atoms with Crippen LogP contribution in [0.15, 0.2) is 0 Å². The number of halogens is 1. The Morgan fingerprint density at radius 3 is 2.26 bits per heavy atom. The van der Waals surface area contributed by atoms with E-state index >= 15 is 0 Å². The zero-order chi connectivity index (χ0) is 14.5. The summed E-state index contributed by atoms with van der Waals surface area (Å²) in [5.41, 5.74) is -1.59. The Hall–Kier alpha value is -0.970. The predicted molar refractivity (Wildman–Crippen MR) is 72.0 cm³/mol. The van der Waals surface area contributed by atoms with Crippen molar-refractivity contribution in [2.24, 2.45) is 0 Å². The molecule has 0 bridgehead atoms. The zero-order valence-electron chi connectivity index (χ0n) is 11.8. The molecule has 0 saturated heterocycles. The smallest absolute Gasteiger partial charge is 0.408 e. The maximum absolute atomic E-state index is 12.0. The van der Waals surface area contributed by atoms with Crippen LogP contribution in [0.1, 0.15) is 52.9 Å². The molecular weight excluding hydrogens is 270 g/mol. The molecule has 0 unspecified atom stereocenters. The van der Waals surface area contributed by atoms with Crippen molar-refractivity contribution < 1.29 is 19.1 Å². The fourth-order valence-corrected chi connectivity index (χ4v) is 2.32. The largest absolute Gasteiger partial charge is 0.448 e. The predicted octanol–water partition coefficient (Wildman–Crippen LogP) is 2.95. The molecule has 1 fully saturated rings. The van der Waals surface area contributed by atoms with Crippen LogP contribution in [-0.2, 0) is 14.3 Å². The molecule has 1 saturated carbocycles. The molecule has 110 valence electrons. The molecule has 0 aromatic heterocycles. The van der Waals surface area contributed by atoms with Gasteiger partial charge in [-0.1, -0.05) is 30.9 Å². The molecular formula is C13H22ClNO4. The van der Waals surface area contributed by atoms with Gasteiger partial charge in [0.15, 0.2) is 6.07 Å². The maximum atomic E-state index is 12.0. The molecule has 0 aromatic rings. The van der Waals surface area contributed by atoms with E-state index in [9.17, 15) is 9.59 Å². The summed E-state index contributed by atoms with van der Waals surface area (Å²) >= 11 is 5.43. The average Bonchev–Trinajstić information content (AvgIpc) is 2.27. The summed E-state index contributed by atoms with van der Waals surface area (Å²) in [6.45, 7) is 5.33. The Morgan fingerprint density at radius 1 is 1.21 bits per heavy atom. The van der Waals surface area contributed by atoms with Gasteiger partial charge in [0.25, 0.3) is 0 Å². The fraction of sp³-hybridized carbons (Fsp3) is 0.846. The Labute approximate surface area is 119 Å². The van der Waals surface area contributed by atoms with Crippen molar-refractivity contribution >= 4 is 23.7 Å². The number of ether oxygens (including phenoxy) is 2. The van der Waals surface area contributed by atoms with Crippen LogP contribution >= 0.6 is 11.6 Å². The summed E-state index contributed by atoms with van der Waals surface area (Å²) in [7, 11) is 0. The maximum Gasteiger partial charge on any atom is 0.408 e. The highest BCUT2D eigenvalue weighted by molar-refractivity contribution is 6.17. The van der Waals surface area contributed by atoms with Gasteiger partial charge in [-0.2, -0.15) is 0 Å². The van der Waals surface area contributed by atoms with Crippen LogP contribution in [0.2, 0.25) is 0 Å². The number of carbonyl (C=O) groups excluding carboxylic acids is 2. The first-order valence-corrected chi connectivity index (χ1v) is 7.07. The highest BCUT2D eigenvalue weighted by atomic mass is 35.5. The number of esters is 1. The summed E-state index contributed by atoms with van der Waals surface area (Å²) in [6.07, 6.45) is 3.30. The van der Waals surface area contributed by atoms with Crippen LogP contribution in [0, 0.1) is 0 Å². The van der Waals surface area contributed by atoms with Crippen molar-refractivity contribution in [1.82, 2.24) is 5.32 Å². The topological polar surface area (TPSA) is 64.6 Å². The fourth-order valence-electron chi connectivity index (χ4n) is 2.22. The number of carbonyl (C=O) groups is 2. The number of hydrogen-bond acceptors (Lipinski definition) is 4. The molecule has 6 heteroatoms. The minimum Gasteiger partial charge on any atom is -0.448 e. The lowest BCUT2D eigenvalue weighted by atomic mass is 9.82. The molecule has 0 aliphatic heterocycles. The van der Waals surface area contributed by atoms with Crippen LogP contribution in [0.4, 0.5) is 4.79 Å². The highest BCUT2D eigenvalue weighted by Crippen LogP contribution is 2.30. The number of alkyl carbamates (subject to hydrolysis) is 1. The van der Waals surface area contributed by atoms with Crippen LogP contribution in [0.5, 0.6) is 0 Å². The third-order valence-electron chi connectivity index (χ3n) is 3.02. The van der Waals surface area contributed by atoms with Gasteiger partial charge >= 0.3 is 12.1 Å². The lowest BCUT2D eigenvalue weighted by molar-refractivity contribution is -0.151. The average molecular weight is 292 g/mol. The molecule has 1 aliphatic rings. The van der Waals surface area contributed by atoms with Gasteiger partial charge in [0.2, 0.25) is 0 Å². The molecule has 1 N–H and O–H groups in total. The number of nitrogens with one attached hydrogen (secondary N) is 1. The summed E-state index contributed by atoms with van der Waals surface area (Å²) in [5, 5.41) is 2.68. The monoisotopic (exact) mass is 291 g/mol. The van der Waals surface area contributed by atoms with E-state index in [4.69, 9.17) is 21.1 Å². The third kappa shape index (κ3) is 4.90. The van der Waals surface area contributed by atoms with Gasteiger partial charge < -0.3 is 14.8 Å². The second-order valence-electron chi connectivity index (χ2n) is 5.81. The summed E-state index contributed by atoms with van der Waals surface area (Å²) in [6, 6.07) is -0.212. The molecule has 0 heterocycles. The van der Waals surface area contributed by atoms with Crippen LogP contribution in [0.3, 0.4) is 0 Å². The molecule has 0 radical (unpaired) electrons. The van der Waals surface area contributed by atoms with Crippen molar-refractivity contribution in [3.8, 4) is 0 Å². The lowest BCUT2D eigenvalue weighted by Crippen LogP contribution is -2.57. The molecule has 1 rings (SSSR count). The van der Waals surface area contributed by atoms with Crippen molar-refractivity contribution in [3.63, 3.8) is 0 Å². The minimum atomic E-state index is -0.991. The third-order valence-corrected chi connectivity index (χ3v) is 3.13. The van der Waals surface area contributed by atoms with Gasteiger partial charge in [-0.25, -0.2) is 9.59 Å². The van der Waals surface area contributed by atoms with Crippen LogP contribution in [0.25, 0.3) is 0 Å². The Kier molecular flexibility index (Phi) is 5.47. The summed E-state index contributed by atoms with van der Waals surface area (Å²) < 4.78 is 10.1. The standard InChI is InChI=1S/C13H22ClNO4/c1-12(2,3)19-11(17)15-13(10(16)18-9-14)7-5-4-6-8-13/h4-9H2,1-3H3,(H,15,17). The Morgan fingerprint density at radius 2 is 1.79 bits per heavy atom.